The molecule has 0 saturated heterocycles. The zero-order valence-corrected chi connectivity index (χ0v) is 13.1. The SMILES string of the molecule is COCCOCCCOCc1ccc(OC)c(Br)c1. The summed E-state index contributed by atoms with van der Waals surface area (Å²) in [7, 11) is 3.32. The van der Waals surface area contributed by atoms with Crippen molar-refractivity contribution in [3.8, 4) is 5.75 Å². The summed E-state index contributed by atoms with van der Waals surface area (Å²) in [6.07, 6.45) is 0.890. The Morgan fingerprint density at radius 2 is 1.79 bits per heavy atom. The quantitative estimate of drug-likeness (QED) is 0.617. The van der Waals surface area contributed by atoms with E-state index in [0.717, 1.165) is 22.2 Å². The van der Waals surface area contributed by atoms with Crippen molar-refractivity contribution in [2.45, 2.75) is 13.0 Å². The van der Waals surface area contributed by atoms with Crippen molar-refractivity contribution in [3.05, 3.63) is 28.2 Å². The van der Waals surface area contributed by atoms with Crippen molar-refractivity contribution in [2.75, 3.05) is 40.6 Å². The minimum absolute atomic E-state index is 0.598. The van der Waals surface area contributed by atoms with E-state index in [9.17, 15) is 0 Å². The molecule has 0 saturated carbocycles. The first kappa shape index (κ1) is 16.4. The molecular formula is C14H21BrO4. The standard InChI is InChI=1S/C14H21BrO4/c1-16-8-9-18-6-3-7-19-11-12-4-5-14(17-2)13(15)10-12/h4-5,10H,3,6-9,11H2,1-2H3. The maximum Gasteiger partial charge on any atom is 0.133 e. The Bertz CT molecular complexity index is 357. The van der Waals surface area contributed by atoms with Gasteiger partial charge in [0.25, 0.3) is 0 Å². The third-order valence-corrected chi connectivity index (χ3v) is 3.11. The number of hydrogen-bond donors (Lipinski definition) is 0. The van der Waals surface area contributed by atoms with Gasteiger partial charge in [0.1, 0.15) is 5.75 Å². The Morgan fingerprint density at radius 1 is 1.00 bits per heavy atom. The molecule has 0 amide bonds. The van der Waals surface area contributed by atoms with Crippen molar-refractivity contribution in [1.82, 2.24) is 0 Å². The lowest BCUT2D eigenvalue weighted by Crippen LogP contribution is -2.05. The highest BCUT2D eigenvalue weighted by Gasteiger charge is 2.01. The predicted molar refractivity (Wildman–Crippen MR) is 77.7 cm³/mol. The third kappa shape index (κ3) is 6.92. The van der Waals surface area contributed by atoms with Gasteiger partial charge >= 0.3 is 0 Å². The lowest BCUT2D eigenvalue weighted by molar-refractivity contribution is 0.0483. The molecule has 0 heterocycles. The second-order valence-corrected chi connectivity index (χ2v) is 4.83. The van der Waals surface area contributed by atoms with Gasteiger partial charge < -0.3 is 18.9 Å². The largest absolute Gasteiger partial charge is 0.496 e. The molecule has 0 atom stereocenters. The van der Waals surface area contributed by atoms with Crippen LogP contribution in [0.3, 0.4) is 0 Å². The molecular weight excluding hydrogens is 312 g/mol. The van der Waals surface area contributed by atoms with Gasteiger partial charge in [-0.15, -0.1) is 0 Å². The van der Waals surface area contributed by atoms with Gasteiger partial charge in [-0.1, -0.05) is 6.07 Å². The van der Waals surface area contributed by atoms with E-state index in [1.54, 1.807) is 14.2 Å². The fourth-order valence-corrected chi connectivity index (χ4v) is 2.09. The van der Waals surface area contributed by atoms with Crippen molar-refractivity contribution in [2.24, 2.45) is 0 Å². The van der Waals surface area contributed by atoms with Crippen LogP contribution in [0.15, 0.2) is 22.7 Å². The monoisotopic (exact) mass is 332 g/mol. The summed E-state index contributed by atoms with van der Waals surface area (Å²) in [5.74, 6) is 0.829. The molecule has 0 radical (unpaired) electrons. The molecule has 1 rings (SSSR count). The van der Waals surface area contributed by atoms with Crippen LogP contribution in [0.25, 0.3) is 0 Å². The number of halogens is 1. The highest BCUT2D eigenvalue weighted by Crippen LogP contribution is 2.25. The van der Waals surface area contributed by atoms with Gasteiger partial charge in [-0.25, -0.2) is 0 Å². The predicted octanol–water partition coefficient (Wildman–Crippen LogP) is 3.03. The second kappa shape index (κ2) is 10.2. The number of hydrogen-bond acceptors (Lipinski definition) is 4. The molecule has 0 aliphatic heterocycles. The first-order chi connectivity index (χ1) is 9.27. The second-order valence-electron chi connectivity index (χ2n) is 3.98. The number of benzene rings is 1. The number of ether oxygens (including phenoxy) is 4. The Labute approximate surface area is 123 Å². The zero-order chi connectivity index (χ0) is 13.9. The lowest BCUT2D eigenvalue weighted by atomic mass is 10.2. The molecule has 0 N–H and O–H groups in total. The first-order valence-electron chi connectivity index (χ1n) is 6.24. The molecule has 0 aromatic heterocycles. The lowest BCUT2D eigenvalue weighted by Gasteiger charge is -2.08. The van der Waals surface area contributed by atoms with Crippen LogP contribution in [0, 0.1) is 0 Å². The Kier molecular flexibility index (Phi) is 8.82. The van der Waals surface area contributed by atoms with Crippen molar-refractivity contribution in [3.63, 3.8) is 0 Å². The van der Waals surface area contributed by atoms with Crippen molar-refractivity contribution >= 4 is 15.9 Å². The van der Waals surface area contributed by atoms with Crippen molar-refractivity contribution in [1.29, 1.82) is 0 Å². The van der Waals surface area contributed by atoms with E-state index in [-0.39, 0.29) is 0 Å². The molecule has 0 unspecified atom stereocenters. The number of rotatable bonds is 10. The molecule has 0 bridgehead atoms. The summed E-state index contributed by atoms with van der Waals surface area (Å²) in [5, 5.41) is 0. The number of methoxy groups -OCH3 is 2. The van der Waals surface area contributed by atoms with Crippen LogP contribution in [-0.4, -0.2) is 40.6 Å². The van der Waals surface area contributed by atoms with E-state index in [2.05, 4.69) is 15.9 Å². The summed E-state index contributed by atoms with van der Waals surface area (Å²) >= 11 is 3.45. The molecule has 5 heteroatoms. The summed E-state index contributed by atoms with van der Waals surface area (Å²) in [5.41, 5.74) is 1.12. The van der Waals surface area contributed by atoms with E-state index < -0.39 is 0 Å². The normalized spacial score (nSPS) is 10.7. The van der Waals surface area contributed by atoms with Crippen LogP contribution >= 0.6 is 15.9 Å². The molecule has 0 spiro atoms. The summed E-state index contributed by atoms with van der Waals surface area (Å²) in [6, 6.07) is 5.93. The van der Waals surface area contributed by atoms with Gasteiger partial charge in [-0.2, -0.15) is 0 Å². The average molecular weight is 333 g/mol. The smallest absolute Gasteiger partial charge is 0.133 e. The van der Waals surface area contributed by atoms with Crippen LogP contribution < -0.4 is 4.74 Å². The first-order valence-corrected chi connectivity index (χ1v) is 7.04. The topological polar surface area (TPSA) is 36.9 Å². The van der Waals surface area contributed by atoms with Gasteiger partial charge in [0.2, 0.25) is 0 Å². The Hall–Kier alpha value is -0.620. The zero-order valence-electron chi connectivity index (χ0n) is 11.5. The van der Waals surface area contributed by atoms with Gasteiger partial charge in [0.05, 0.1) is 31.4 Å². The maximum atomic E-state index is 5.58. The van der Waals surface area contributed by atoms with Gasteiger partial charge in [-0.05, 0) is 40.0 Å². The molecule has 19 heavy (non-hydrogen) atoms. The van der Waals surface area contributed by atoms with Crippen LogP contribution in [0.4, 0.5) is 0 Å². The molecule has 1 aromatic carbocycles. The average Bonchev–Trinajstić information content (AvgIpc) is 2.42. The molecule has 108 valence electrons. The minimum Gasteiger partial charge on any atom is -0.496 e. The molecule has 0 fully saturated rings. The summed E-state index contributed by atoms with van der Waals surface area (Å²) < 4.78 is 21.9. The summed E-state index contributed by atoms with van der Waals surface area (Å²) in [4.78, 5) is 0. The third-order valence-electron chi connectivity index (χ3n) is 2.49. The van der Waals surface area contributed by atoms with E-state index >= 15 is 0 Å². The highest BCUT2D eigenvalue weighted by atomic mass is 79.9. The Morgan fingerprint density at radius 3 is 2.47 bits per heavy atom. The fraction of sp³-hybridized carbons (Fsp3) is 0.571. The van der Waals surface area contributed by atoms with Crippen LogP contribution in [0.5, 0.6) is 5.75 Å². The van der Waals surface area contributed by atoms with Crippen molar-refractivity contribution < 1.29 is 18.9 Å². The molecule has 1 aromatic rings. The summed E-state index contributed by atoms with van der Waals surface area (Å²) in [6.45, 7) is 3.27. The van der Waals surface area contributed by atoms with E-state index in [4.69, 9.17) is 18.9 Å². The van der Waals surface area contributed by atoms with Crippen LogP contribution in [-0.2, 0) is 20.8 Å². The Balaban J connectivity index is 2.11. The van der Waals surface area contributed by atoms with E-state index in [0.29, 0.717) is 33.0 Å². The maximum absolute atomic E-state index is 5.58. The molecule has 0 aliphatic rings. The van der Waals surface area contributed by atoms with E-state index in [1.165, 1.54) is 0 Å². The molecule has 0 aliphatic carbocycles. The van der Waals surface area contributed by atoms with Crippen LogP contribution in [0.1, 0.15) is 12.0 Å². The molecule has 4 nitrogen and oxygen atoms in total. The van der Waals surface area contributed by atoms with Gasteiger partial charge in [0, 0.05) is 20.3 Å². The highest BCUT2D eigenvalue weighted by molar-refractivity contribution is 9.10. The fourth-order valence-electron chi connectivity index (χ4n) is 1.50. The van der Waals surface area contributed by atoms with Gasteiger partial charge in [-0.3, -0.25) is 0 Å². The van der Waals surface area contributed by atoms with Gasteiger partial charge in [0.15, 0.2) is 0 Å². The van der Waals surface area contributed by atoms with Crippen LogP contribution in [0.2, 0.25) is 0 Å². The minimum atomic E-state index is 0.598. The van der Waals surface area contributed by atoms with E-state index in [1.807, 2.05) is 18.2 Å².